The minimum Gasteiger partial charge on any atom is -0.340 e. The van der Waals surface area contributed by atoms with Crippen molar-refractivity contribution in [3.8, 4) is 0 Å². The summed E-state index contributed by atoms with van der Waals surface area (Å²) < 4.78 is 4.95. The Labute approximate surface area is 91.5 Å². The molecule has 1 atom stereocenters. The van der Waals surface area contributed by atoms with Crippen molar-refractivity contribution in [2.75, 3.05) is 0 Å². The van der Waals surface area contributed by atoms with Crippen molar-refractivity contribution in [2.24, 2.45) is 0 Å². The number of nitrogens with one attached hydrogen (secondary N) is 1. The van der Waals surface area contributed by atoms with Crippen molar-refractivity contribution in [1.29, 1.82) is 0 Å². The Bertz CT molecular complexity index is 301. The van der Waals surface area contributed by atoms with Gasteiger partial charge in [-0.2, -0.15) is 4.98 Å². The van der Waals surface area contributed by atoms with Gasteiger partial charge in [-0.05, 0) is 27.2 Å². The van der Waals surface area contributed by atoms with Crippen LogP contribution in [0.15, 0.2) is 4.52 Å². The summed E-state index contributed by atoms with van der Waals surface area (Å²) in [6.07, 6.45) is 1.88. The van der Waals surface area contributed by atoms with Crippen molar-refractivity contribution < 1.29 is 4.52 Å². The van der Waals surface area contributed by atoms with Gasteiger partial charge >= 0.3 is 0 Å². The smallest absolute Gasteiger partial charge is 0.223 e. The zero-order valence-corrected chi connectivity index (χ0v) is 10.3. The Morgan fingerprint density at radius 1 is 1.40 bits per heavy atom. The van der Waals surface area contributed by atoms with Crippen LogP contribution in [0.3, 0.4) is 0 Å². The fraction of sp³-hybridized carbons (Fsp3) is 0.818. The molecule has 0 amide bonds. The highest BCUT2D eigenvalue weighted by Crippen LogP contribution is 2.08. The Hall–Kier alpha value is -0.900. The number of aryl methyl sites for hydroxylation is 1. The Morgan fingerprint density at radius 2 is 2.07 bits per heavy atom. The van der Waals surface area contributed by atoms with Crippen LogP contribution in [0.2, 0.25) is 0 Å². The van der Waals surface area contributed by atoms with E-state index in [2.05, 4.69) is 43.2 Å². The van der Waals surface area contributed by atoms with Gasteiger partial charge in [0.1, 0.15) is 0 Å². The van der Waals surface area contributed by atoms with Crippen LogP contribution in [0, 0.1) is 6.92 Å². The molecule has 0 saturated carbocycles. The zero-order valence-electron chi connectivity index (χ0n) is 10.3. The summed E-state index contributed by atoms with van der Waals surface area (Å²) in [5.41, 5.74) is 0.124. The standard InChI is InChI=1S/C11H21N3O/c1-6-9(13-11(3,4)5)7-10-12-8(2)15-14-10/h9,13H,6-7H2,1-5H3/t9-/m1/s1. The van der Waals surface area contributed by atoms with E-state index in [0.717, 1.165) is 18.7 Å². The molecule has 0 saturated heterocycles. The van der Waals surface area contributed by atoms with Gasteiger partial charge in [-0.15, -0.1) is 0 Å². The van der Waals surface area contributed by atoms with Crippen molar-refractivity contribution in [3.63, 3.8) is 0 Å². The second kappa shape index (κ2) is 4.75. The normalized spacial score (nSPS) is 14.2. The number of hydrogen-bond acceptors (Lipinski definition) is 4. The molecule has 0 fully saturated rings. The molecular weight excluding hydrogens is 190 g/mol. The quantitative estimate of drug-likeness (QED) is 0.828. The van der Waals surface area contributed by atoms with Crippen LogP contribution in [0.1, 0.15) is 45.8 Å². The van der Waals surface area contributed by atoms with E-state index in [1.165, 1.54) is 0 Å². The first-order valence-corrected chi connectivity index (χ1v) is 5.47. The highest BCUT2D eigenvalue weighted by Gasteiger charge is 2.17. The van der Waals surface area contributed by atoms with Gasteiger partial charge in [0, 0.05) is 24.9 Å². The molecule has 1 aromatic heterocycles. The van der Waals surface area contributed by atoms with Crippen molar-refractivity contribution in [3.05, 3.63) is 11.7 Å². The highest BCUT2D eigenvalue weighted by molar-refractivity contribution is 4.90. The van der Waals surface area contributed by atoms with Crippen LogP contribution >= 0.6 is 0 Å². The summed E-state index contributed by atoms with van der Waals surface area (Å²) in [5, 5.41) is 7.45. The number of rotatable bonds is 4. The third kappa shape index (κ3) is 4.42. The van der Waals surface area contributed by atoms with Crippen LogP contribution in [0.25, 0.3) is 0 Å². The molecule has 0 spiro atoms. The Kier molecular flexibility index (Phi) is 3.85. The van der Waals surface area contributed by atoms with Gasteiger partial charge in [-0.1, -0.05) is 12.1 Å². The van der Waals surface area contributed by atoms with Gasteiger partial charge in [-0.3, -0.25) is 0 Å². The predicted molar refractivity (Wildman–Crippen MR) is 59.7 cm³/mol. The van der Waals surface area contributed by atoms with E-state index in [4.69, 9.17) is 4.52 Å². The minimum absolute atomic E-state index is 0.124. The number of aromatic nitrogens is 2. The third-order valence-electron chi connectivity index (χ3n) is 2.13. The van der Waals surface area contributed by atoms with Crippen LogP contribution in [0.5, 0.6) is 0 Å². The second-order valence-corrected chi connectivity index (χ2v) is 4.93. The molecule has 4 nitrogen and oxygen atoms in total. The maximum absolute atomic E-state index is 4.95. The molecule has 0 aromatic carbocycles. The van der Waals surface area contributed by atoms with Gasteiger partial charge in [-0.25, -0.2) is 0 Å². The van der Waals surface area contributed by atoms with Gasteiger partial charge < -0.3 is 9.84 Å². The first-order valence-electron chi connectivity index (χ1n) is 5.47. The van der Waals surface area contributed by atoms with Gasteiger partial charge in [0.05, 0.1) is 0 Å². The van der Waals surface area contributed by atoms with Gasteiger partial charge in [0.15, 0.2) is 5.82 Å². The molecule has 0 aliphatic rings. The lowest BCUT2D eigenvalue weighted by molar-refractivity contribution is 0.339. The van der Waals surface area contributed by atoms with Gasteiger partial charge in [0.25, 0.3) is 0 Å². The second-order valence-electron chi connectivity index (χ2n) is 4.93. The summed E-state index contributed by atoms with van der Waals surface area (Å²) in [6, 6.07) is 0.405. The fourth-order valence-electron chi connectivity index (χ4n) is 1.55. The SMILES string of the molecule is CC[C@H](Cc1noc(C)n1)NC(C)(C)C. The molecule has 0 bridgehead atoms. The monoisotopic (exact) mass is 211 g/mol. The first kappa shape index (κ1) is 12.2. The Morgan fingerprint density at radius 3 is 2.47 bits per heavy atom. The number of hydrogen-bond donors (Lipinski definition) is 1. The highest BCUT2D eigenvalue weighted by atomic mass is 16.5. The zero-order chi connectivity index (χ0) is 11.5. The largest absolute Gasteiger partial charge is 0.340 e. The Balaban J connectivity index is 2.54. The van der Waals surface area contributed by atoms with E-state index in [-0.39, 0.29) is 5.54 Å². The molecular formula is C11H21N3O. The van der Waals surface area contributed by atoms with E-state index in [0.29, 0.717) is 11.9 Å². The van der Waals surface area contributed by atoms with Crippen LogP contribution in [-0.4, -0.2) is 21.7 Å². The topological polar surface area (TPSA) is 51.0 Å². The third-order valence-corrected chi connectivity index (χ3v) is 2.13. The maximum Gasteiger partial charge on any atom is 0.223 e. The van der Waals surface area contributed by atoms with Crippen molar-refractivity contribution >= 4 is 0 Å². The average molecular weight is 211 g/mol. The van der Waals surface area contributed by atoms with E-state index in [1.807, 2.05) is 6.92 Å². The lowest BCUT2D eigenvalue weighted by Gasteiger charge is -2.27. The van der Waals surface area contributed by atoms with Crippen molar-refractivity contribution in [1.82, 2.24) is 15.5 Å². The molecule has 1 aromatic rings. The summed E-state index contributed by atoms with van der Waals surface area (Å²) in [5.74, 6) is 1.42. The van der Waals surface area contributed by atoms with E-state index in [1.54, 1.807) is 0 Å². The van der Waals surface area contributed by atoms with Gasteiger partial charge in [0.2, 0.25) is 5.89 Å². The van der Waals surface area contributed by atoms with E-state index < -0.39 is 0 Å². The molecule has 0 unspecified atom stereocenters. The summed E-state index contributed by atoms with van der Waals surface area (Å²) in [7, 11) is 0. The molecule has 15 heavy (non-hydrogen) atoms. The summed E-state index contributed by atoms with van der Waals surface area (Å²) in [4.78, 5) is 4.21. The molecule has 4 heteroatoms. The lowest BCUT2D eigenvalue weighted by atomic mass is 10.0. The molecule has 0 radical (unpaired) electrons. The van der Waals surface area contributed by atoms with Crippen LogP contribution in [-0.2, 0) is 6.42 Å². The van der Waals surface area contributed by atoms with Crippen molar-refractivity contribution in [2.45, 2.75) is 59.0 Å². The first-order chi connectivity index (χ1) is 6.90. The molecule has 0 aliphatic heterocycles. The molecule has 1 heterocycles. The van der Waals surface area contributed by atoms with Crippen LogP contribution < -0.4 is 5.32 Å². The van der Waals surface area contributed by atoms with E-state index in [9.17, 15) is 0 Å². The van der Waals surface area contributed by atoms with E-state index >= 15 is 0 Å². The predicted octanol–water partition coefficient (Wildman–Crippen LogP) is 2.09. The molecule has 1 N–H and O–H groups in total. The minimum atomic E-state index is 0.124. The summed E-state index contributed by atoms with van der Waals surface area (Å²) in [6.45, 7) is 10.5. The summed E-state index contributed by atoms with van der Waals surface area (Å²) >= 11 is 0. The molecule has 0 aliphatic carbocycles. The maximum atomic E-state index is 4.95. The van der Waals surface area contributed by atoms with Crippen LogP contribution in [0.4, 0.5) is 0 Å². The lowest BCUT2D eigenvalue weighted by Crippen LogP contribution is -2.44. The number of nitrogens with zero attached hydrogens (tertiary/aromatic N) is 2. The molecule has 1 rings (SSSR count). The fourth-order valence-corrected chi connectivity index (χ4v) is 1.55. The molecule has 86 valence electrons. The average Bonchev–Trinajstić information content (AvgIpc) is 2.47.